The van der Waals surface area contributed by atoms with Gasteiger partial charge in [-0.2, -0.15) is 0 Å². The van der Waals surface area contributed by atoms with Crippen molar-refractivity contribution in [3.8, 4) is 5.75 Å². The number of hydrogen-bond acceptors (Lipinski definition) is 3. The molecule has 0 radical (unpaired) electrons. The third-order valence-corrected chi connectivity index (χ3v) is 1.72. The van der Waals surface area contributed by atoms with Crippen LogP contribution in [0.2, 0.25) is 0 Å². The van der Waals surface area contributed by atoms with E-state index in [1.807, 2.05) is 0 Å². The van der Waals surface area contributed by atoms with E-state index in [0.29, 0.717) is 5.75 Å². The topological polar surface area (TPSA) is 66.8 Å². The van der Waals surface area contributed by atoms with Gasteiger partial charge in [-0.15, -0.1) is 0 Å². The molecule has 1 aromatic carbocycles. The Bertz CT molecular complexity index is 302. The molecule has 0 amide bonds. The van der Waals surface area contributed by atoms with Crippen LogP contribution in [0.25, 0.3) is 0 Å². The summed E-state index contributed by atoms with van der Waals surface area (Å²) in [6.07, 6.45) is -0.525. The van der Waals surface area contributed by atoms with Gasteiger partial charge in [-0.25, -0.2) is 4.79 Å². The van der Waals surface area contributed by atoms with E-state index in [1.54, 1.807) is 31.2 Å². The van der Waals surface area contributed by atoms with E-state index in [1.165, 1.54) is 0 Å². The predicted molar refractivity (Wildman–Crippen MR) is 50.2 cm³/mol. The highest BCUT2D eigenvalue weighted by Crippen LogP contribution is 2.16. The molecule has 1 aromatic rings. The first-order valence-corrected chi connectivity index (χ1v) is 4.22. The summed E-state index contributed by atoms with van der Waals surface area (Å²) < 4.78 is 4.92. The Balaban J connectivity index is 2.59. The van der Waals surface area contributed by atoms with Crippen molar-refractivity contribution >= 4 is 5.97 Å². The van der Waals surface area contributed by atoms with Crippen LogP contribution in [0.5, 0.6) is 5.75 Å². The Labute approximate surface area is 81.8 Å². The maximum atomic E-state index is 10.2. The summed E-state index contributed by atoms with van der Waals surface area (Å²) in [4.78, 5) is 10.2. The van der Waals surface area contributed by atoms with Crippen LogP contribution in [0.15, 0.2) is 24.3 Å². The first-order chi connectivity index (χ1) is 6.59. The zero-order valence-corrected chi connectivity index (χ0v) is 7.80. The molecule has 0 spiro atoms. The number of carboxylic acids is 1. The maximum Gasteiger partial charge on any atom is 0.341 e. The molecular weight excluding hydrogens is 184 g/mol. The van der Waals surface area contributed by atoms with E-state index in [2.05, 4.69) is 0 Å². The number of benzene rings is 1. The Morgan fingerprint density at radius 1 is 1.43 bits per heavy atom. The number of hydrogen-bond donors (Lipinski definition) is 2. The predicted octanol–water partition coefficient (Wildman–Crippen LogP) is 1.20. The molecule has 0 aliphatic heterocycles. The fourth-order valence-corrected chi connectivity index (χ4v) is 0.988. The Morgan fingerprint density at radius 3 is 2.43 bits per heavy atom. The number of ether oxygens (including phenoxy) is 1. The zero-order valence-electron chi connectivity index (χ0n) is 7.80. The van der Waals surface area contributed by atoms with Gasteiger partial charge in [0.2, 0.25) is 0 Å². The van der Waals surface area contributed by atoms with Crippen LogP contribution >= 0.6 is 0 Å². The molecule has 4 nitrogen and oxygen atoms in total. The van der Waals surface area contributed by atoms with Gasteiger partial charge in [0.25, 0.3) is 0 Å². The summed E-state index contributed by atoms with van der Waals surface area (Å²) in [6.45, 7) is 1.31. The highest BCUT2D eigenvalue weighted by Gasteiger charge is 2.02. The summed E-state index contributed by atoms with van der Waals surface area (Å²) in [5.41, 5.74) is 0.771. The van der Waals surface area contributed by atoms with Gasteiger partial charge in [-0.05, 0) is 24.6 Å². The molecule has 4 heteroatoms. The van der Waals surface area contributed by atoms with Gasteiger partial charge in [-0.1, -0.05) is 12.1 Å². The molecule has 2 N–H and O–H groups in total. The van der Waals surface area contributed by atoms with Crippen molar-refractivity contribution in [1.82, 2.24) is 0 Å². The molecule has 14 heavy (non-hydrogen) atoms. The Hall–Kier alpha value is -1.55. The lowest BCUT2D eigenvalue weighted by Crippen LogP contribution is -2.09. The number of rotatable bonds is 4. The zero-order chi connectivity index (χ0) is 10.6. The summed E-state index contributed by atoms with van der Waals surface area (Å²) in [7, 11) is 0. The van der Waals surface area contributed by atoms with Gasteiger partial charge >= 0.3 is 5.97 Å². The Kier molecular flexibility index (Phi) is 3.48. The molecule has 0 bridgehead atoms. The summed E-state index contributed by atoms with van der Waals surface area (Å²) in [5.74, 6) is -0.526. The van der Waals surface area contributed by atoms with Crippen LogP contribution in [-0.4, -0.2) is 22.8 Å². The van der Waals surface area contributed by atoms with E-state index in [4.69, 9.17) is 9.84 Å². The molecule has 0 aliphatic rings. The van der Waals surface area contributed by atoms with E-state index < -0.39 is 12.1 Å². The summed E-state index contributed by atoms with van der Waals surface area (Å²) in [5, 5.41) is 17.6. The largest absolute Gasteiger partial charge is 0.482 e. The van der Waals surface area contributed by atoms with Crippen molar-refractivity contribution in [2.75, 3.05) is 6.61 Å². The average molecular weight is 196 g/mol. The molecular formula is C10H12O4. The van der Waals surface area contributed by atoms with Gasteiger partial charge < -0.3 is 14.9 Å². The second-order valence-corrected chi connectivity index (χ2v) is 2.93. The lowest BCUT2D eigenvalue weighted by atomic mass is 10.1. The van der Waals surface area contributed by atoms with E-state index in [-0.39, 0.29) is 6.61 Å². The lowest BCUT2D eigenvalue weighted by Gasteiger charge is -2.06. The fraction of sp³-hybridized carbons (Fsp3) is 0.300. The van der Waals surface area contributed by atoms with E-state index in [9.17, 15) is 9.90 Å². The quantitative estimate of drug-likeness (QED) is 0.759. The van der Waals surface area contributed by atoms with Crippen LogP contribution < -0.4 is 4.74 Å². The van der Waals surface area contributed by atoms with Crippen molar-refractivity contribution in [3.63, 3.8) is 0 Å². The third kappa shape index (κ3) is 3.06. The molecule has 0 aromatic heterocycles. The second kappa shape index (κ2) is 4.62. The standard InChI is InChI=1S/C10H12O4/c1-7(11)8-2-4-9(5-3-8)14-6-10(12)13/h2-5,7,11H,6H2,1H3,(H,12,13). The minimum absolute atomic E-state index is 0.353. The average Bonchev–Trinajstić information content (AvgIpc) is 2.15. The van der Waals surface area contributed by atoms with E-state index >= 15 is 0 Å². The second-order valence-electron chi connectivity index (χ2n) is 2.93. The monoisotopic (exact) mass is 196 g/mol. The Morgan fingerprint density at radius 2 is 2.00 bits per heavy atom. The first kappa shape index (κ1) is 10.5. The van der Waals surface area contributed by atoms with Crippen molar-refractivity contribution in [2.24, 2.45) is 0 Å². The van der Waals surface area contributed by atoms with Gasteiger partial charge in [0.1, 0.15) is 5.75 Å². The number of aliphatic hydroxyl groups is 1. The van der Waals surface area contributed by atoms with Gasteiger partial charge in [0, 0.05) is 0 Å². The molecule has 1 rings (SSSR count). The van der Waals surface area contributed by atoms with E-state index in [0.717, 1.165) is 5.56 Å². The smallest absolute Gasteiger partial charge is 0.341 e. The van der Waals surface area contributed by atoms with Crippen LogP contribution in [0.4, 0.5) is 0 Å². The lowest BCUT2D eigenvalue weighted by molar-refractivity contribution is -0.139. The van der Waals surface area contributed by atoms with Crippen LogP contribution in [0.3, 0.4) is 0 Å². The van der Waals surface area contributed by atoms with Crippen LogP contribution in [-0.2, 0) is 4.79 Å². The number of carboxylic acid groups (broad SMARTS) is 1. The molecule has 0 aliphatic carbocycles. The van der Waals surface area contributed by atoms with Crippen molar-refractivity contribution in [2.45, 2.75) is 13.0 Å². The molecule has 0 heterocycles. The molecule has 76 valence electrons. The number of carbonyl (C=O) groups is 1. The van der Waals surface area contributed by atoms with Gasteiger partial charge in [-0.3, -0.25) is 0 Å². The molecule has 1 unspecified atom stereocenters. The molecule has 1 atom stereocenters. The third-order valence-electron chi connectivity index (χ3n) is 1.72. The van der Waals surface area contributed by atoms with Crippen molar-refractivity contribution in [3.05, 3.63) is 29.8 Å². The fourth-order valence-electron chi connectivity index (χ4n) is 0.988. The van der Waals surface area contributed by atoms with Crippen LogP contribution in [0, 0.1) is 0 Å². The highest BCUT2D eigenvalue weighted by molar-refractivity contribution is 5.68. The van der Waals surface area contributed by atoms with Crippen molar-refractivity contribution < 1.29 is 19.7 Å². The molecule has 0 saturated carbocycles. The number of aliphatic carboxylic acids is 1. The van der Waals surface area contributed by atoms with Crippen LogP contribution in [0.1, 0.15) is 18.6 Å². The van der Waals surface area contributed by atoms with Crippen molar-refractivity contribution in [1.29, 1.82) is 0 Å². The SMILES string of the molecule is CC(O)c1ccc(OCC(=O)O)cc1. The van der Waals surface area contributed by atoms with Gasteiger partial charge in [0.05, 0.1) is 6.10 Å². The minimum atomic E-state index is -1.01. The summed E-state index contributed by atoms with van der Waals surface area (Å²) >= 11 is 0. The number of aliphatic hydroxyl groups excluding tert-OH is 1. The van der Waals surface area contributed by atoms with Gasteiger partial charge in [0.15, 0.2) is 6.61 Å². The normalized spacial score (nSPS) is 12.1. The molecule has 0 fully saturated rings. The maximum absolute atomic E-state index is 10.2. The minimum Gasteiger partial charge on any atom is -0.482 e. The summed E-state index contributed by atoms with van der Waals surface area (Å²) in [6, 6.07) is 6.65. The molecule has 0 saturated heterocycles. The first-order valence-electron chi connectivity index (χ1n) is 4.22. The highest BCUT2D eigenvalue weighted by atomic mass is 16.5.